The van der Waals surface area contributed by atoms with Gasteiger partial charge in [0.15, 0.2) is 6.10 Å². The zero-order chi connectivity index (χ0) is 59.8. The van der Waals surface area contributed by atoms with Gasteiger partial charge in [-0.1, -0.05) is 270 Å². The van der Waals surface area contributed by atoms with E-state index in [2.05, 4.69) is 135 Å². The Morgan fingerprint density at radius 3 is 1.05 bits per heavy atom. The van der Waals surface area contributed by atoms with Crippen molar-refractivity contribution in [2.45, 2.75) is 277 Å². The Balaban J connectivity index is 4.18. The molecular weight excluding hydrogens is 1040 g/mol. The van der Waals surface area contributed by atoms with E-state index >= 15 is 0 Å². The van der Waals surface area contributed by atoms with Crippen molar-refractivity contribution < 1.29 is 42.1 Å². The zero-order valence-electron chi connectivity index (χ0n) is 53.4. The summed E-state index contributed by atoms with van der Waals surface area (Å²) in [5.41, 5.74) is 0. The number of quaternary nitrogens is 1. The van der Waals surface area contributed by atoms with Crippen LogP contribution in [0.2, 0.25) is 0 Å². The summed E-state index contributed by atoms with van der Waals surface area (Å²) in [4.78, 5) is 38.0. The standard InChI is InChI=1S/C72H124NO8P/c1-6-8-10-12-14-16-18-20-22-24-26-28-30-32-33-34-35-36-37-38-39-41-43-45-47-49-51-53-55-57-59-61-63-65-72(75)81-70(69-80-82(76,77)79-67-66-73(3,4)5)68-78-71(74)64-62-60-58-56-54-52-50-48-46-44-42-40-31-29-27-25-23-21-19-17-15-13-11-9-7-2/h8,10,14,16,20,22,25-28,32-33,35-36,38-39,43,45,49,51,70H,6-7,9,11-13,15,17-19,21,23-24,29-31,34,37,40-42,44,46-48,50,52-69H2,1-5H3/b10-8-,16-14-,22-20-,27-25-,28-26-,33-32-,36-35-,39-38-,45-43-,51-49-. The highest BCUT2D eigenvalue weighted by Gasteiger charge is 2.22. The number of likely N-dealkylation sites (N-methyl/N-ethyl adjacent to an activating group) is 1. The summed E-state index contributed by atoms with van der Waals surface area (Å²) in [6.45, 7) is 4.11. The number of carbonyl (C=O) groups is 2. The van der Waals surface area contributed by atoms with Gasteiger partial charge < -0.3 is 27.9 Å². The fourth-order valence-electron chi connectivity index (χ4n) is 8.88. The SMILES string of the molecule is CC/C=C\C/C=C\C/C=C\C/C=C\C/C=C\C/C=C\C/C=C\C/C=C\C/C=C\CCCCCCCC(=O)OC(COC(=O)CCCCCCCCCCCCCCC/C=C\CCCCCCCCCC)COP(=O)([O-])OCC[N+](C)(C)C. The van der Waals surface area contributed by atoms with Crippen molar-refractivity contribution in [3.05, 3.63) is 122 Å². The van der Waals surface area contributed by atoms with Gasteiger partial charge in [0.2, 0.25) is 0 Å². The minimum atomic E-state index is -4.65. The van der Waals surface area contributed by atoms with Gasteiger partial charge in [-0.3, -0.25) is 14.2 Å². The minimum Gasteiger partial charge on any atom is -0.756 e. The maximum atomic E-state index is 12.8. The minimum absolute atomic E-state index is 0.0405. The zero-order valence-corrected chi connectivity index (χ0v) is 54.3. The number of hydrogen-bond donors (Lipinski definition) is 0. The highest BCUT2D eigenvalue weighted by Crippen LogP contribution is 2.38. The molecule has 0 aliphatic rings. The lowest BCUT2D eigenvalue weighted by molar-refractivity contribution is -0.870. The number of rotatable bonds is 60. The summed E-state index contributed by atoms with van der Waals surface area (Å²) in [5.74, 6) is -0.857. The molecule has 0 aromatic rings. The molecule has 0 rings (SSSR count). The molecule has 0 saturated heterocycles. The number of carbonyl (C=O) groups excluding carboxylic acids is 2. The van der Waals surface area contributed by atoms with Gasteiger partial charge in [0.05, 0.1) is 27.7 Å². The molecular formula is C72H124NO8P. The van der Waals surface area contributed by atoms with Crippen molar-refractivity contribution in [3.8, 4) is 0 Å². The second-order valence-electron chi connectivity index (χ2n) is 23.1. The Bertz CT molecular complexity index is 1800. The summed E-state index contributed by atoms with van der Waals surface area (Å²) >= 11 is 0. The van der Waals surface area contributed by atoms with Crippen LogP contribution in [-0.4, -0.2) is 70.0 Å². The van der Waals surface area contributed by atoms with Gasteiger partial charge in [0.25, 0.3) is 7.82 Å². The first-order valence-electron chi connectivity index (χ1n) is 33.2. The predicted molar refractivity (Wildman–Crippen MR) is 351 cm³/mol. The van der Waals surface area contributed by atoms with Crippen LogP contribution in [0, 0.1) is 0 Å². The Labute approximate surface area is 505 Å². The normalized spacial score (nSPS) is 14.0. The molecule has 82 heavy (non-hydrogen) atoms. The third kappa shape index (κ3) is 65.6. The molecule has 0 saturated carbocycles. The average molecular weight is 1160 g/mol. The Morgan fingerprint density at radius 1 is 0.390 bits per heavy atom. The first kappa shape index (κ1) is 78.4. The van der Waals surface area contributed by atoms with E-state index in [9.17, 15) is 19.0 Å². The third-order valence-electron chi connectivity index (χ3n) is 14.0. The highest BCUT2D eigenvalue weighted by molar-refractivity contribution is 7.45. The maximum absolute atomic E-state index is 12.8. The number of unbranched alkanes of at least 4 members (excludes halogenated alkanes) is 26. The van der Waals surface area contributed by atoms with Crippen LogP contribution in [0.25, 0.3) is 0 Å². The van der Waals surface area contributed by atoms with Crippen LogP contribution in [-0.2, 0) is 32.7 Å². The molecule has 9 nitrogen and oxygen atoms in total. The second-order valence-corrected chi connectivity index (χ2v) is 24.5. The van der Waals surface area contributed by atoms with E-state index < -0.39 is 26.5 Å². The van der Waals surface area contributed by atoms with E-state index in [1.54, 1.807) is 0 Å². The van der Waals surface area contributed by atoms with Crippen LogP contribution >= 0.6 is 7.82 Å². The van der Waals surface area contributed by atoms with Crippen molar-refractivity contribution in [2.75, 3.05) is 47.5 Å². The molecule has 10 heteroatoms. The molecule has 0 fully saturated rings. The van der Waals surface area contributed by atoms with Crippen LogP contribution in [0.4, 0.5) is 0 Å². The van der Waals surface area contributed by atoms with Crippen LogP contribution < -0.4 is 4.89 Å². The monoisotopic (exact) mass is 1160 g/mol. The van der Waals surface area contributed by atoms with Crippen molar-refractivity contribution in [3.63, 3.8) is 0 Å². The highest BCUT2D eigenvalue weighted by atomic mass is 31.2. The van der Waals surface area contributed by atoms with Gasteiger partial charge in [-0.15, -0.1) is 0 Å². The molecule has 0 heterocycles. The summed E-state index contributed by atoms with van der Waals surface area (Å²) in [6.07, 6.45) is 88.3. The summed E-state index contributed by atoms with van der Waals surface area (Å²) in [6, 6.07) is 0. The van der Waals surface area contributed by atoms with Gasteiger partial charge >= 0.3 is 11.9 Å². The fourth-order valence-corrected chi connectivity index (χ4v) is 9.61. The molecule has 0 bridgehead atoms. The smallest absolute Gasteiger partial charge is 0.306 e. The first-order chi connectivity index (χ1) is 40.0. The molecule has 0 aliphatic heterocycles. The number of nitrogens with zero attached hydrogens (tertiary/aromatic N) is 1. The molecule has 2 unspecified atom stereocenters. The Kier molecular flexibility index (Phi) is 59.2. The van der Waals surface area contributed by atoms with Crippen LogP contribution in [0.15, 0.2) is 122 Å². The quantitative estimate of drug-likeness (QED) is 0.0195. The lowest BCUT2D eigenvalue weighted by Crippen LogP contribution is -2.37. The van der Waals surface area contributed by atoms with Gasteiger partial charge in [0, 0.05) is 12.8 Å². The number of phosphoric acid groups is 1. The summed E-state index contributed by atoms with van der Waals surface area (Å²) < 4.78 is 34.2. The lowest BCUT2D eigenvalue weighted by Gasteiger charge is -2.28. The third-order valence-corrected chi connectivity index (χ3v) is 14.9. The lowest BCUT2D eigenvalue weighted by atomic mass is 10.0. The Morgan fingerprint density at radius 2 is 0.695 bits per heavy atom. The van der Waals surface area contributed by atoms with E-state index in [0.29, 0.717) is 17.4 Å². The molecule has 2 atom stereocenters. The van der Waals surface area contributed by atoms with Crippen molar-refractivity contribution in [1.82, 2.24) is 0 Å². The van der Waals surface area contributed by atoms with Gasteiger partial charge in [-0.05, 0) is 109 Å². The van der Waals surface area contributed by atoms with Gasteiger partial charge in [-0.25, -0.2) is 0 Å². The number of phosphoric ester groups is 1. The Hall–Kier alpha value is -3.59. The number of ether oxygens (including phenoxy) is 2. The van der Waals surface area contributed by atoms with Crippen LogP contribution in [0.1, 0.15) is 271 Å². The van der Waals surface area contributed by atoms with E-state index in [-0.39, 0.29) is 32.0 Å². The molecule has 0 spiro atoms. The van der Waals surface area contributed by atoms with Crippen molar-refractivity contribution in [2.24, 2.45) is 0 Å². The van der Waals surface area contributed by atoms with Gasteiger partial charge in [-0.2, -0.15) is 0 Å². The van der Waals surface area contributed by atoms with E-state index in [1.807, 2.05) is 21.1 Å². The average Bonchev–Trinajstić information content (AvgIpc) is 3.46. The number of esters is 2. The maximum Gasteiger partial charge on any atom is 0.306 e. The molecule has 0 aromatic heterocycles. The second kappa shape index (κ2) is 62.0. The largest absolute Gasteiger partial charge is 0.756 e. The predicted octanol–water partition coefficient (Wildman–Crippen LogP) is 20.9. The van der Waals surface area contributed by atoms with Crippen LogP contribution in [0.3, 0.4) is 0 Å². The number of hydrogen-bond acceptors (Lipinski definition) is 8. The van der Waals surface area contributed by atoms with Crippen molar-refractivity contribution in [1.29, 1.82) is 0 Å². The van der Waals surface area contributed by atoms with Gasteiger partial charge in [0.1, 0.15) is 19.8 Å². The van der Waals surface area contributed by atoms with Crippen LogP contribution in [0.5, 0.6) is 0 Å². The molecule has 0 aromatic carbocycles. The van der Waals surface area contributed by atoms with E-state index in [4.69, 9.17) is 18.5 Å². The molecule has 0 radical (unpaired) electrons. The van der Waals surface area contributed by atoms with E-state index in [1.165, 1.54) is 128 Å². The molecule has 470 valence electrons. The summed E-state index contributed by atoms with van der Waals surface area (Å²) in [7, 11) is 1.14. The fraction of sp³-hybridized carbons (Fsp3) is 0.694. The molecule has 0 amide bonds. The number of allylic oxidation sites excluding steroid dienone is 20. The van der Waals surface area contributed by atoms with E-state index in [0.717, 1.165) is 109 Å². The molecule has 0 aliphatic carbocycles. The molecule has 0 N–H and O–H groups in total. The summed E-state index contributed by atoms with van der Waals surface area (Å²) in [5, 5.41) is 0. The topological polar surface area (TPSA) is 111 Å². The van der Waals surface area contributed by atoms with Crippen molar-refractivity contribution >= 4 is 19.8 Å². The first-order valence-corrected chi connectivity index (χ1v) is 34.7.